The zero-order chi connectivity index (χ0) is 21.3. The number of aromatic nitrogens is 1. The van der Waals surface area contributed by atoms with Crippen molar-refractivity contribution in [1.29, 1.82) is 0 Å². The van der Waals surface area contributed by atoms with E-state index in [1.54, 1.807) is 14.2 Å². The summed E-state index contributed by atoms with van der Waals surface area (Å²) >= 11 is 0. The Balaban J connectivity index is 1.50. The molecule has 1 fully saturated rings. The third-order valence-electron chi connectivity index (χ3n) is 5.24. The number of hydrogen-bond acceptors (Lipinski definition) is 5. The fourth-order valence-electron chi connectivity index (χ4n) is 3.63. The second-order valence-electron chi connectivity index (χ2n) is 7.39. The summed E-state index contributed by atoms with van der Waals surface area (Å²) < 4.78 is 11.0. The summed E-state index contributed by atoms with van der Waals surface area (Å²) in [6.07, 6.45) is 2.10. The lowest BCUT2D eigenvalue weighted by atomic mass is 10.1. The monoisotopic (exact) mass is 411 g/mol. The first kappa shape index (κ1) is 21.7. The van der Waals surface area contributed by atoms with Crippen molar-refractivity contribution in [2.45, 2.75) is 39.3 Å². The first-order valence-electron chi connectivity index (χ1n) is 10.6. The average Bonchev–Trinajstić information content (AvgIpc) is 2.77. The summed E-state index contributed by atoms with van der Waals surface area (Å²) in [5.74, 6) is 3.40. The van der Waals surface area contributed by atoms with E-state index < -0.39 is 0 Å². The second-order valence-corrected chi connectivity index (χ2v) is 7.39. The molecule has 1 aromatic heterocycles. The largest absolute Gasteiger partial charge is 0.493 e. The molecule has 2 heterocycles. The number of aliphatic imine (C=N–C) groups is 1. The molecule has 7 heteroatoms. The molecule has 0 unspecified atom stereocenters. The van der Waals surface area contributed by atoms with E-state index in [1.165, 1.54) is 0 Å². The maximum absolute atomic E-state index is 5.67. The van der Waals surface area contributed by atoms with Gasteiger partial charge in [0.05, 0.1) is 13.7 Å². The molecule has 2 N–H and O–H groups in total. The van der Waals surface area contributed by atoms with Gasteiger partial charge < -0.3 is 25.0 Å². The van der Waals surface area contributed by atoms with Crippen LogP contribution in [0.3, 0.4) is 0 Å². The standard InChI is InChI=1S/C23H33N5O2/c1-5-30-21-15-18(9-10-20(21)29-4)16-25-23(24-3)27-19-11-13-28(14-12-19)22-8-6-7-17(2)26-22/h6-10,15,19H,5,11-14,16H2,1-4H3,(H2,24,25,27). The van der Waals surface area contributed by atoms with Crippen molar-refractivity contribution in [2.24, 2.45) is 4.99 Å². The Kier molecular flexibility index (Phi) is 7.76. The summed E-state index contributed by atoms with van der Waals surface area (Å²) in [5.41, 5.74) is 2.17. The van der Waals surface area contributed by atoms with Gasteiger partial charge in [-0.2, -0.15) is 0 Å². The number of piperidine rings is 1. The molecule has 0 amide bonds. The lowest BCUT2D eigenvalue weighted by Gasteiger charge is -2.34. The van der Waals surface area contributed by atoms with E-state index in [9.17, 15) is 0 Å². The van der Waals surface area contributed by atoms with E-state index in [-0.39, 0.29) is 0 Å². The molecule has 3 rings (SSSR count). The number of guanidine groups is 1. The second kappa shape index (κ2) is 10.7. The molecular formula is C23H33N5O2. The van der Waals surface area contributed by atoms with Gasteiger partial charge in [-0.1, -0.05) is 12.1 Å². The van der Waals surface area contributed by atoms with Crippen molar-refractivity contribution < 1.29 is 9.47 Å². The lowest BCUT2D eigenvalue weighted by Crippen LogP contribution is -2.48. The minimum Gasteiger partial charge on any atom is -0.493 e. The number of hydrogen-bond donors (Lipinski definition) is 2. The van der Waals surface area contributed by atoms with Crippen LogP contribution >= 0.6 is 0 Å². The smallest absolute Gasteiger partial charge is 0.191 e. The molecule has 1 aromatic carbocycles. The van der Waals surface area contributed by atoms with Gasteiger partial charge in [0.25, 0.3) is 0 Å². The van der Waals surface area contributed by atoms with Crippen LogP contribution < -0.4 is 25.0 Å². The van der Waals surface area contributed by atoms with Crippen LogP contribution in [0, 0.1) is 6.92 Å². The summed E-state index contributed by atoms with van der Waals surface area (Å²) in [7, 11) is 3.46. The number of aryl methyl sites for hydroxylation is 1. The zero-order valence-corrected chi connectivity index (χ0v) is 18.4. The fourth-order valence-corrected chi connectivity index (χ4v) is 3.63. The molecule has 1 saturated heterocycles. The highest BCUT2D eigenvalue weighted by atomic mass is 16.5. The van der Waals surface area contributed by atoms with E-state index in [0.29, 0.717) is 19.2 Å². The van der Waals surface area contributed by atoms with Crippen molar-refractivity contribution in [3.05, 3.63) is 47.7 Å². The number of anilines is 1. The van der Waals surface area contributed by atoms with E-state index >= 15 is 0 Å². The minimum absolute atomic E-state index is 0.395. The van der Waals surface area contributed by atoms with E-state index in [2.05, 4.69) is 37.6 Å². The van der Waals surface area contributed by atoms with Crippen molar-refractivity contribution in [3.8, 4) is 11.5 Å². The van der Waals surface area contributed by atoms with Crippen molar-refractivity contribution in [3.63, 3.8) is 0 Å². The Bertz CT molecular complexity index is 847. The van der Waals surface area contributed by atoms with Crippen molar-refractivity contribution >= 4 is 11.8 Å². The van der Waals surface area contributed by atoms with Crippen LogP contribution in [0.5, 0.6) is 11.5 Å². The third kappa shape index (κ3) is 5.78. The molecule has 0 bridgehead atoms. The highest BCUT2D eigenvalue weighted by molar-refractivity contribution is 5.80. The molecule has 7 nitrogen and oxygen atoms in total. The Morgan fingerprint density at radius 3 is 2.67 bits per heavy atom. The highest BCUT2D eigenvalue weighted by Crippen LogP contribution is 2.28. The molecule has 162 valence electrons. The van der Waals surface area contributed by atoms with Crippen LogP contribution in [0.4, 0.5) is 5.82 Å². The summed E-state index contributed by atoms with van der Waals surface area (Å²) in [6.45, 7) is 7.25. The van der Waals surface area contributed by atoms with Crippen LogP contribution in [-0.2, 0) is 6.54 Å². The van der Waals surface area contributed by atoms with E-state index in [1.807, 2.05) is 38.1 Å². The van der Waals surface area contributed by atoms with Gasteiger partial charge in [0.1, 0.15) is 5.82 Å². The Morgan fingerprint density at radius 1 is 1.20 bits per heavy atom. The molecule has 0 radical (unpaired) electrons. The van der Waals surface area contributed by atoms with Gasteiger partial charge >= 0.3 is 0 Å². The Morgan fingerprint density at radius 2 is 2.00 bits per heavy atom. The molecule has 1 aliphatic heterocycles. The van der Waals surface area contributed by atoms with Gasteiger partial charge in [-0.05, 0) is 56.5 Å². The first-order valence-corrected chi connectivity index (χ1v) is 10.6. The molecule has 0 spiro atoms. The van der Waals surface area contributed by atoms with Gasteiger partial charge in [0, 0.05) is 38.4 Å². The molecule has 1 aliphatic rings. The van der Waals surface area contributed by atoms with Crippen LogP contribution in [-0.4, -0.2) is 50.8 Å². The third-order valence-corrected chi connectivity index (χ3v) is 5.24. The summed E-state index contributed by atoms with van der Waals surface area (Å²) in [6, 6.07) is 12.6. The van der Waals surface area contributed by atoms with Crippen LogP contribution in [0.1, 0.15) is 31.0 Å². The minimum atomic E-state index is 0.395. The van der Waals surface area contributed by atoms with Gasteiger partial charge in [-0.3, -0.25) is 4.99 Å². The van der Waals surface area contributed by atoms with Gasteiger partial charge in [-0.15, -0.1) is 0 Å². The number of ether oxygens (including phenoxy) is 2. The van der Waals surface area contributed by atoms with Gasteiger partial charge in [-0.25, -0.2) is 4.98 Å². The number of nitrogens with one attached hydrogen (secondary N) is 2. The zero-order valence-electron chi connectivity index (χ0n) is 18.4. The van der Waals surface area contributed by atoms with Crippen LogP contribution in [0.15, 0.2) is 41.4 Å². The highest BCUT2D eigenvalue weighted by Gasteiger charge is 2.21. The molecule has 0 aliphatic carbocycles. The number of nitrogens with zero attached hydrogens (tertiary/aromatic N) is 3. The van der Waals surface area contributed by atoms with Crippen molar-refractivity contribution in [2.75, 3.05) is 38.8 Å². The number of methoxy groups -OCH3 is 1. The predicted molar refractivity (Wildman–Crippen MR) is 122 cm³/mol. The molecule has 2 aromatic rings. The lowest BCUT2D eigenvalue weighted by molar-refractivity contribution is 0.310. The predicted octanol–water partition coefficient (Wildman–Crippen LogP) is 3.13. The molecular weight excluding hydrogens is 378 g/mol. The maximum Gasteiger partial charge on any atom is 0.191 e. The van der Waals surface area contributed by atoms with E-state index in [4.69, 9.17) is 9.47 Å². The number of benzene rings is 1. The molecule has 30 heavy (non-hydrogen) atoms. The normalized spacial score (nSPS) is 15.1. The Labute approximate surface area is 179 Å². The maximum atomic E-state index is 5.67. The van der Waals surface area contributed by atoms with Crippen LogP contribution in [0.25, 0.3) is 0 Å². The first-order chi connectivity index (χ1) is 14.6. The van der Waals surface area contributed by atoms with Gasteiger partial charge in [0.15, 0.2) is 17.5 Å². The van der Waals surface area contributed by atoms with Gasteiger partial charge in [0.2, 0.25) is 0 Å². The quantitative estimate of drug-likeness (QED) is 0.539. The topological polar surface area (TPSA) is 71.0 Å². The molecule has 0 saturated carbocycles. The summed E-state index contributed by atoms with van der Waals surface area (Å²) in [4.78, 5) is 11.4. The number of pyridine rings is 1. The van der Waals surface area contributed by atoms with E-state index in [0.717, 1.165) is 60.5 Å². The fraction of sp³-hybridized carbons (Fsp3) is 0.478. The van der Waals surface area contributed by atoms with Crippen LogP contribution in [0.2, 0.25) is 0 Å². The SMILES string of the molecule is CCOc1cc(CNC(=NC)NC2CCN(c3cccc(C)n3)CC2)ccc1OC. The average molecular weight is 412 g/mol. The summed E-state index contributed by atoms with van der Waals surface area (Å²) in [5, 5.41) is 6.96. The molecule has 0 atom stereocenters. The number of rotatable bonds is 7. The van der Waals surface area contributed by atoms with Crippen molar-refractivity contribution in [1.82, 2.24) is 15.6 Å². The Hall–Kier alpha value is -2.96.